The SMILES string of the molecule is Cc1ccc(N2CCN(C(=O)CC[C@H](C)N3CCN(C)CC3)CC2=O)cc1. The monoisotopic (exact) mass is 372 g/mol. The predicted octanol–water partition coefficient (Wildman–Crippen LogP) is 1.59. The number of hydrogen-bond acceptors (Lipinski definition) is 4. The quantitative estimate of drug-likeness (QED) is 0.788. The molecule has 6 nitrogen and oxygen atoms in total. The second kappa shape index (κ2) is 8.85. The molecule has 148 valence electrons. The van der Waals surface area contributed by atoms with E-state index >= 15 is 0 Å². The lowest BCUT2D eigenvalue weighted by atomic mass is 10.1. The third kappa shape index (κ3) is 5.08. The molecule has 2 amide bonds. The highest BCUT2D eigenvalue weighted by molar-refractivity contribution is 5.97. The number of carbonyl (C=O) groups excluding carboxylic acids is 2. The van der Waals surface area contributed by atoms with Crippen molar-refractivity contribution in [1.29, 1.82) is 0 Å². The average molecular weight is 373 g/mol. The van der Waals surface area contributed by atoms with Crippen molar-refractivity contribution in [1.82, 2.24) is 14.7 Å². The van der Waals surface area contributed by atoms with Crippen LogP contribution >= 0.6 is 0 Å². The molecule has 2 heterocycles. The van der Waals surface area contributed by atoms with Crippen LogP contribution in [0.2, 0.25) is 0 Å². The van der Waals surface area contributed by atoms with E-state index in [0.717, 1.165) is 38.3 Å². The number of aryl methyl sites for hydroxylation is 1. The van der Waals surface area contributed by atoms with Gasteiger partial charge >= 0.3 is 0 Å². The van der Waals surface area contributed by atoms with Crippen molar-refractivity contribution in [3.63, 3.8) is 0 Å². The first kappa shape index (κ1) is 19.8. The van der Waals surface area contributed by atoms with E-state index in [-0.39, 0.29) is 18.4 Å². The van der Waals surface area contributed by atoms with Crippen LogP contribution in [0.5, 0.6) is 0 Å². The van der Waals surface area contributed by atoms with Crippen LogP contribution in [-0.4, -0.2) is 85.4 Å². The number of anilines is 1. The van der Waals surface area contributed by atoms with Crippen LogP contribution in [-0.2, 0) is 9.59 Å². The van der Waals surface area contributed by atoms with Gasteiger partial charge in [0.15, 0.2) is 0 Å². The number of likely N-dealkylation sites (N-methyl/N-ethyl adjacent to an activating group) is 1. The van der Waals surface area contributed by atoms with Crippen molar-refractivity contribution < 1.29 is 9.59 Å². The Morgan fingerprint density at radius 1 is 1.04 bits per heavy atom. The highest BCUT2D eigenvalue weighted by Gasteiger charge is 2.28. The minimum absolute atomic E-state index is 0.00516. The molecular formula is C21H32N4O2. The van der Waals surface area contributed by atoms with E-state index < -0.39 is 0 Å². The van der Waals surface area contributed by atoms with Gasteiger partial charge in [0.2, 0.25) is 11.8 Å². The largest absolute Gasteiger partial charge is 0.332 e. The van der Waals surface area contributed by atoms with Gasteiger partial charge in [-0.1, -0.05) is 17.7 Å². The van der Waals surface area contributed by atoms with Gasteiger partial charge < -0.3 is 14.7 Å². The highest BCUT2D eigenvalue weighted by Crippen LogP contribution is 2.19. The lowest BCUT2D eigenvalue weighted by Crippen LogP contribution is -2.52. The number of amides is 2. The maximum Gasteiger partial charge on any atom is 0.246 e. The first-order valence-corrected chi connectivity index (χ1v) is 10.0. The Balaban J connectivity index is 1.46. The van der Waals surface area contributed by atoms with Gasteiger partial charge in [0.1, 0.15) is 6.54 Å². The zero-order chi connectivity index (χ0) is 19.4. The molecule has 6 heteroatoms. The normalized spacial score (nSPS) is 20.8. The Bertz CT molecular complexity index is 653. The molecule has 27 heavy (non-hydrogen) atoms. The summed E-state index contributed by atoms with van der Waals surface area (Å²) in [7, 11) is 2.15. The number of hydrogen-bond donors (Lipinski definition) is 0. The molecule has 0 aromatic heterocycles. The number of benzene rings is 1. The summed E-state index contributed by atoms with van der Waals surface area (Å²) in [6.07, 6.45) is 1.38. The molecule has 1 aromatic rings. The van der Waals surface area contributed by atoms with Crippen molar-refractivity contribution in [3.8, 4) is 0 Å². The first-order valence-electron chi connectivity index (χ1n) is 10.0. The van der Waals surface area contributed by atoms with Gasteiger partial charge in [-0.25, -0.2) is 0 Å². The fourth-order valence-electron chi connectivity index (χ4n) is 3.82. The summed E-state index contributed by atoms with van der Waals surface area (Å²) < 4.78 is 0. The summed E-state index contributed by atoms with van der Waals surface area (Å²) in [6.45, 7) is 9.93. The van der Waals surface area contributed by atoms with E-state index in [1.807, 2.05) is 31.2 Å². The van der Waals surface area contributed by atoms with Crippen molar-refractivity contribution in [2.24, 2.45) is 0 Å². The fourth-order valence-corrected chi connectivity index (χ4v) is 3.82. The number of piperazine rings is 2. The summed E-state index contributed by atoms with van der Waals surface area (Å²) in [5.74, 6) is 0.110. The second-order valence-corrected chi connectivity index (χ2v) is 7.92. The van der Waals surface area contributed by atoms with E-state index in [1.54, 1.807) is 9.80 Å². The maximum absolute atomic E-state index is 12.6. The number of carbonyl (C=O) groups is 2. The minimum Gasteiger partial charge on any atom is -0.332 e. The van der Waals surface area contributed by atoms with Gasteiger partial charge in [-0.05, 0) is 39.4 Å². The smallest absolute Gasteiger partial charge is 0.246 e. The van der Waals surface area contributed by atoms with Gasteiger partial charge in [0, 0.05) is 57.4 Å². The maximum atomic E-state index is 12.6. The summed E-state index contributed by atoms with van der Waals surface area (Å²) in [6, 6.07) is 8.39. The molecule has 0 saturated carbocycles. The Morgan fingerprint density at radius 3 is 2.33 bits per heavy atom. The molecule has 1 aromatic carbocycles. The van der Waals surface area contributed by atoms with Crippen LogP contribution in [0, 0.1) is 6.92 Å². The van der Waals surface area contributed by atoms with E-state index in [1.165, 1.54) is 5.56 Å². The Morgan fingerprint density at radius 2 is 1.70 bits per heavy atom. The van der Waals surface area contributed by atoms with Gasteiger partial charge in [0.05, 0.1) is 0 Å². The molecule has 0 unspecified atom stereocenters. The van der Waals surface area contributed by atoms with Crippen molar-refractivity contribution >= 4 is 17.5 Å². The topological polar surface area (TPSA) is 47.1 Å². The second-order valence-electron chi connectivity index (χ2n) is 7.92. The Labute approximate surface area is 162 Å². The third-order valence-electron chi connectivity index (χ3n) is 5.86. The summed E-state index contributed by atoms with van der Waals surface area (Å²) in [5.41, 5.74) is 2.09. The van der Waals surface area contributed by atoms with E-state index in [9.17, 15) is 9.59 Å². The Kier molecular flexibility index (Phi) is 6.50. The molecule has 0 N–H and O–H groups in total. The summed E-state index contributed by atoms with van der Waals surface area (Å²) in [5, 5.41) is 0. The molecule has 2 aliphatic heterocycles. The molecule has 3 rings (SSSR count). The molecule has 0 aliphatic carbocycles. The van der Waals surface area contributed by atoms with E-state index in [4.69, 9.17) is 0 Å². The number of rotatable bonds is 5. The zero-order valence-corrected chi connectivity index (χ0v) is 16.9. The minimum atomic E-state index is 0.00516. The van der Waals surface area contributed by atoms with Gasteiger partial charge in [-0.3, -0.25) is 14.5 Å². The lowest BCUT2D eigenvalue weighted by molar-refractivity contribution is -0.137. The van der Waals surface area contributed by atoms with E-state index in [2.05, 4.69) is 23.8 Å². The van der Waals surface area contributed by atoms with Crippen LogP contribution in [0.1, 0.15) is 25.3 Å². The molecule has 0 spiro atoms. The lowest BCUT2D eigenvalue weighted by Gasteiger charge is -2.37. The predicted molar refractivity (Wildman–Crippen MR) is 108 cm³/mol. The third-order valence-corrected chi connectivity index (χ3v) is 5.86. The van der Waals surface area contributed by atoms with Crippen LogP contribution in [0.3, 0.4) is 0 Å². The molecule has 2 aliphatic rings. The highest BCUT2D eigenvalue weighted by atomic mass is 16.2. The van der Waals surface area contributed by atoms with Crippen molar-refractivity contribution in [3.05, 3.63) is 29.8 Å². The fraction of sp³-hybridized carbons (Fsp3) is 0.619. The molecular weight excluding hydrogens is 340 g/mol. The molecule has 2 saturated heterocycles. The average Bonchev–Trinajstić information content (AvgIpc) is 2.67. The van der Waals surface area contributed by atoms with Crippen LogP contribution in [0.25, 0.3) is 0 Å². The molecule has 1 atom stereocenters. The van der Waals surface area contributed by atoms with E-state index in [0.29, 0.717) is 25.6 Å². The first-order chi connectivity index (χ1) is 12.9. The van der Waals surface area contributed by atoms with Gasteiger partial charge in [-0.2, -0.15) is 0 Å². The summed E-state index contributed by atoms with van der Waals surface area (Å²) in [4.78, 5) is 33.4. The Hall–Kier alpha value is -1.92. The standard InChI is InChI=1S/C21H32N4O2/c1-17-4-7-19(8-5-17)25-15-14-24(16-21(25)27)20(26)9-6-18(2)23-12-10-22(3)11-13-23/h4-5,7-8,18H,6,9-16H2,1-3H3/t18-/m0/s1. The molecule has 0 radical (unpaired) electrons. The van der Waals surface area contributed by atoms with Crippen molar-refractivity contribution in [2.45, 2.75) is 32.7 Å². The van der Waals surface area contributed by atoms with Crippen LogP contribution in [0.4, 0.5) is 5.69 Å². The molecule has 2 fully saturated rings. The van der Waals surface area contributed by atoms with Gasteiger partial charge in [0.25, 0.3) is 0 Å². The van der Waals surface area contributed by atoms with Gasteiger partial charge in [-0.15, -0.1) is 0 Å². The van der Waals surface area contributed by atoms with Crippen LogP contribution < -0.4 is 4.90 Å². The molecule has 0 bridgehead atoms. The zero-order valence-electron chi connectivity index (χ0n) is 16.9. The summed E-state index contributed by atoms with van der Waals surface area (Å²) >= 11 is 0. The van der Waals surface area contributed by atoms with Crippen molar-refractivity contribution in [2.75, 3.05) is 57.8 Å². The van der Waals surface area contributed by atoms with Crippen LogP contribution in [0.15, 0.2) is 24.3 Å². The number of nitrogens with zero attached hydrogens (tertiary/aromatic N) is 4.